The number of hydrogen-bond acceptors (Lipinski definition) is 5. The molecule has 5 heteroatoms. The molecule has 110 valence electrons. The van der Waals surface area contributed by atoms with Crippen molar-refractivity contribution in [3.05, 3.63) is 23.8 Å². The highest BCUT2D eigenvalue weighted by atomic mass is 16.5. The zero-order chi connectivity index (χ0) is 14.7. The van der Waals surface area contributed by atoms with Gasteiger partial charge in [-0.3, -0.25) is 4.79 Å². The van der Waals surface area contributed by atoms with Gasteiger partial charge in [0.25, 0.3) is 0 Å². The summed E-state index contributed by atoms with van der Waals surface area (Å²) in [5.74, 6) is 1.24. The summed E-state index contributed by atoms with van der Waals surface area (Å²) in [6.07, 6.45) is 0. The first-order chi connectivity index (χ1) is 9.60. The van der Waals surface area contributed by atoms with E-state index >= 15 is 0 Å². The molecule has 0 spiro atoms. The van der Waals surface area contributed by atoms with Crippen molar-refractivity contribution >= 4 is 5.97 Å². The molecule has 0 aromatic heterocycles. The van der Waals surface area contributed by atoms with Crippen LogP contribution in [0.15, 0.2) is 18.2 Å². The molecular weight excluding hydrogens is 258 g/mol. The fourth-order valence-corrected chi connectivity index (χ4v) is 2.84. The van der Waals surface area contributed by atoms with E-state index in [1.165, 1.54) is 7.11 Å². The number of methoxy groups -OCH3 is 3. The Hall–Kier alpha value is -1.75. The van der Waals surface area contributed by atoms with Gasteiger partial charge >= 0.3 is 5.97 Å². The molecule has 0 N–H and O–H groups in total. The van der Waals surface area contributed by atoms with Crippen LogP contribution < -0.4 is 9.47 Å². The Labute approximate surface area is 119 Å². The van der Waals surface area contributed by atoms with Crippen molar-refractivity contribution in [1.82, 2.24) is 4.90 Å². The van der Waals surface area contributed by atoms with E-state index in [2.05, 4.69) is 4.90 Å². The Bertz CT molecular complexity index is 489. The molecule has 1 saturated heterocycles. The molecule has 1 fully saturated rings. The number of rotatable bonds is 4. The Morgan fingerprint density at radius 3 is 2.55 bits per heavy atom. The van der Waals surface area contributed by atoms with Gasteiger partial charge in [0.15, 0.2) is 0 Å². The van der Waals surface area contributed by atoms with E-state index in [4.69, 9.17) is 14.2 Å². The highest BCUT2D eigenvalue weighted by Crippen LogP contribution is 2.39. The molecule has 1 aromatic carbocycles. The summed E-state index contributed by atoms with van der Waals surface area (Å²) in [6.45, 7) is 1.49. The maximum atomic E-state index is 12.0. The predicted octanol–water partition coefficient (Wildman–Crippen LogP) is 1.52. The van der Waals surface area contributed by atoms with Crippen LogP contribution in [-0.4, -0.2) is 52.3 Å². The molecule has 2 atom stereocenters. The van der Waals surface area contributed by atoms with Crippen LogP contribution in [0.3, 0.4) is 0 Å². The first-order valence-corrected chi connectivity index (χ1v) is 6.59. The van der Waals surface area contributed by atoms with E-state index in [1.54, 1.807) is 14.2 Å². The summed E-state index contributed by atoms with van der Waals surface area (Å²) in [5.41, 5.74) is 0.992. The highest BCUT2D eigenvalue weighted by Gasteiger charge is 2.39. The number of nitrogens with zero attached hydrogens (tertiary/aromatic N) is 1. The number of hydrogen-bond donors (Lipinski definition) is 0. The van der Waals surface area contributed by atoms with E-state index in [9.17, 15) is 4.79 Å². The lowest BCUT2D eigenvalue weighted by Crippen LogP contribution is -2.23. The minimum absolute atomic E-state index is 0.0532. The molecule has 0 amide bonds. The van der Waals surface area contributed by atoms with Gasteiger partial charge in [0.2, 0.25) is 0 Å². The monoisotopic (exact) mass is 279 g/mol. The van der Waals surface area contributed by atoms with Crippen LogP contribution in [0.1, 0.15) is 11.5 Å². The van der Waals surface area contributed by atoms with Gasteiger partial charge < -0.3 is 19.1 Å². The van der Waals surface area contributed by atoms with Gasteiger partial charge in [-0.1, -0.05) is 0 Å². The van der Waals surface area contributed by atoms with Crippen LogP contribution in [0.25, 0.3) is 0 Å². The Kier molecular flexibility index (Phi) is 4.49. The molecule has 2 unspecified atom stereocenters. The number of esters is 1. The van der Waals surface area contributed by atoms with Crippen molar-refractivity contribution in [2.45, 2.75) is 5.92 Å². The van der Waals surface area contributed by atoms with Gasteiger partial charge in [-0.15, -0.1) is 0 Å². The predicted molar refractivity (Wildman–Crippen MR) is 75.3 cm³/mol. The van der Waals surface area contributed by atoms with Gasteiger partial charge in [0.1, 0.15) is 11.5 Å². The lowest BCUT2D eigenvalue weighted by atomic mass is 9.88. The Balaban J connectivity index is 2.39. The van der Waals surface area contributed by atoms with E-state index in [0.29, 0.717) is 6.54 Å². The summed E-state index contributed by atoms with van der Waals surface area (Å²) < 4.78 is 15.6. The van der Waals surface area contributed by atoms with Gasteiger partial charge in [-0.25, -0.2) is 0 Å². The normalized spacial score (nSPS) is 22.6. The van der Waals surface area contributed by atoms with Crippen molar-refractivity contribution in [1.29, 1.82) is 0 Å². The van der Waals surface area contributed by atoms with Crippen LogP contribution >= 0.6 is 0 Å². The Morgan fingerprint density at radius 2 is 1.95 bits per heavy atom. The van der Waals surface area contributed by atoms with Crippen molar-refractivity contribution in [3.63, 3.8) is 0 Å². The zero-order valence-corrected chi connectivity index (χ0v) is 12.4. The third-order valence-electron chi connectivity index (χ3n) is 3.84. The molecule has 2 rings (SSSR count). The maximum absolute atomic E-state index is 12.0. The van der Waals surface area contributed by atoms with E-state index in [1.807, 2.05) is 25.2 Å². The minimum atomic E-state index is -0.177. The molecule has 1 heterocycles. The SMILES string of the molecule is COC(=O)C1CN(C)CC1c1cc(OC)ccc1OC. The van der Waals surface area contributed by atoms with Crippen molar-refractivity contribution in [2.75, 3.05) is 41.5 Å². The number of ether oxygens (including phenoxy) is 3. The summed E-state index contributed by atoms with van der Waals surface area (Å²) >= 11 is 0. The largest absolute Gasteiger partial charge is 0.497 e. The molecular formula is C15H21NO4. The second kappa shape index (κ2) is 6.13. The molecule has 1 aromatic rings. The first kappa shape index (κ1) is 14.7. The number of benzene rings is 1. The summed E-state index contributed by atoms with van der Waals surface area (Å²) in [6, 6.07) is 5.67. The van der Waals surface area contributed by atoms with Gasteiger partial charge in [-0.05, 0) is 25.2 Å². The maximum Gasteiger partial charge on any atom is 0.310 e. The van der Waals surface area contributed by atoms with E-state index < -0.39 is 0 Å². The standard InChI is InChI=1S/C15H21NO4/c1-16-8-12(13(9-16)15(17)20-4)11-7-10(18-2)5-6-14(11)19-3/h5-7,12-13H,8-9H2,1-4H3. The molecule has 0 saturated carbocycles. The third-order valence-corrected chi connectivity index (χ3v) is 3.84. The van der Waals surface area contributed by atoms with Crippen molar-refractivity contribution < 1.29 is 19.0 Å². The Morgan fingerprint density at radius 1 is 1.20 bits per heavy atom. The van der Waals surface area contributed by atoms with Crippen LogP contribution in [0.4, 0.5) is 0 Å². The molecule has 0 radical (unpaired) electrons. The second-order valence-corrected chi connectivity index (χ2v) is 5.07. The number of likely N-dealkylation sites (tertiary alicyclic amines) is 1. The average molecular weight is 279 g/mol. The number of carbonyl (C=O) groups excluding carboxylic acids is 1. The van der Waals surface area contributed by atoms with E-state index in [-0.39, 0.29) is 17.8 Å². The average Bonchev–Trinajstić information content (AvgIpc) is 2.87. The summed E-state index contributed by atoms with van der Waals surface area (Å²) in [7, 11) is 6.70. The number of likely N-dealkylation sites (N-methyl/N-ethyl adjacent to an activating group) is 1. The fourth-order valence-electron chi connectivity index (χ4n) is 2.84. The molecule has 0 aliphatic carbocycles. The van der Waals surface area contributed by atoms with Gasteiger partial charge in [-0.2, -0.15) is 0 Å². The van der Waals surface area contributed by atoms with Crippen LogP contribution in [0.5, 0.6) is 11.5 Å². The molecule has 5 nitrogen and oxygen atoms in total. The smallest absolute Gasteiger partial charge is 0.310 e. The van der Waals surface area contributed by atoms with Crippen molar-refractivity contribution in [3.8, 4) is 11.5 Å². The van der Waals surface area contributed by atoms with Gasteiger partial charge in [0.05, 0.1) is 27.2 Å². The zero-order valence-electron chi connectivity index (χ0n) is 12.4. The van der Waals surface area contributed by atoms with Crippen LogP contribution in [0, 0.1) is 5.92 Å². The lowest BCUT2D eigenvalue weighted by Gasteiger charge is -2.20. The molecule has 1 aliphatic rings. The van der Waals surface area contributed by atoms with Gasteiger partial charge in [0, 0.05) is 24.6 Å². The number of carbonyl (C=O) groups is 1. The first-order valence-electron chi connectivity index (χ1n) is 6.59. The fraction of sp³-hybridized carbons (Fsp3) is 0.533. The van der Waals surface area contributed by atoms with Crippen LogP contribution in [0.2, 0.25) is 0 Å². The minimum Gasteiger partial charge on any atom is -0.497 e. The lowest BCUT2D eigenvalue weighted by molar-refractivity contribution is -0.145. The molecule has 0 bridgehead atoms. The molecule has 1 aliphatic heterocycles. The third kappa shape index (κ3) is 2.72. The van der Waals surface area contributed by atoms with Crippen LogP contribution in [-0.2, 0) is 9.53 Å². The van der Waals surface area contributed by atoms with Crippen molar-refractivity contribution in [2.24, 2.45) is 5.92 Å². The quantitative estimate of drug-likeness (QED) is 0.782. The topological polar surface area (TPSA) is 48.0 Å². The highest BCUT2D eigenvalue weighted by molar-refractivity contribution is 5.74. The molecule has 20 heavy (non-hydrogen) atoms. The summed E-state index contributed by atoms with van der Waals surface area (Å²) in [5, 5.41) is 0. The van der Waals surface area contributed by atoms with E-state index in [0.717, 1.165) is 23.6 Å². The second-order valence-electron chi connectivity index (χ2n) is 5.07. The summed E-state index contributed by atoms with van der Waals surface area (Å²) in [4.78, 5) is 14.1.